The lowest BCUT2D eigenvalue weighted by molar-refractivity contribution is -0.121. The summed E-state index contributed by atoms with van der Waals surface area (Å²) < 4.78 is 5.72. The molecule has 5 nitrogen and oxygen atoms in total. The first-order chi connectivity index (χ1) is 8.08. The number of halogens is 1. The van der Waals surface area contributed by atoms with Gasteiger partial charge < -0.3 is 4.74 Å². The van der Waals surface area contributed by atoms with Crippen LogP contribution in [0.2, 0.25) is 0 Å². The summed E-state index contributed by atoms with van der Waals surface area (Å²) in [6, 6.07) is 4.89. The molecule has 6 heteroatoms. The van der Waals surface area contributed by atoms with Crippen LogP contribution < -0.4 is 15.6 Å². The lowest BCUT2D eigenvalue weighted by Gasteiger charge is -2.08. The maximum Gasteiger partial charge on any atom is 0.269 e. The number of benzene rings is 1. The molecule has 0 aliphatic carbocycles. The molecule has 0 aliphatic heterocycles. The molecule has 0 saturated carbocycles. The average molecular weight is 301 g/mol. The van der Waals surface area contributed by atoms with Crippen molar-refractivity contribution >= 4 is 27.7 Å². The van der Waals surface area contributed by atoms with E-state index in [-0.39, 0.29) is 11.8 Å². The van der Waals surface area contributed by atoms with Gasteiger partial charge in [-0.05, 0) is 34.1 Å². The molecule has 0 radical (unpaired) electrons. The second-order valence-electron chi connectivity index (χ2n) is 3.21. The van der Waals surface area contributed by atoms with Crippen molar-refractivity contribution in [2.24, 2.45) is 0 Å². The average Bonchev–Trinajstić information content (AvgIpc) is 2.35. The highest BCUT2D eigenvalue weighted by Gasteiger charge is 2.09. The first-order valence-corrected chi connectivity index (χ1v) is 5.80. The molecule has 0 heterocycles. The summed E-state index contributed by atoms with van der Waals surface area (Å²) in [5, 5.41) is 0. The van der Waals surface area contributed by atoms with Crippen molar-refractivity contribution in [3.8, 4) is 5.75 Å². The van der Waals surface area contributed by atoms with Gasteiger partial charge in [-0.1, -0.05) is 6.92 Å². The molecule has 2 N–H and O–H groups in total. The zero-order valence-electron chi connectivity index (χ0n) is 9.54. The summed E-state index contributed by atoms with van der Waals surface area (Å²) in [6.07, 6.45) is 0.312. The maximum atomic E-state index is 11.6. The molecule has 0 spiro atoms. The van der Waals surface area contributed by atoms with E-state index in [4.69, 9.17) is 4.74 Å². The van der Waals surface area contributed by atoms with E-state index in [2.05, 4.69) is 26.8 Å². The minimum absolute atomic E-state index is 0.245. The zero-order valence-corrected chi connectivity index (χ0v) is 11.1. The van der Waals surface area contributed by atoms with Gasteiger partial charge in [0.05, 0.1) is 11.6 Å². The van der Waals surface area contributed by atoms with E-state index in [0.29, 0.717) is 22.2 Å². The molecule has 0 bridgehead atoms. The van der Waals surface area contributed by atoms with Crippen LogP contribution in [0.4, 0.5) is 0 Å². The van der Waals surface area contributed by atoms with Crippen LogP contribution in [0.25, 0.3) is 0 Å². The molecule has 0 unspecified atom stereocenters. The van der Waals surface area contributed by atoms with E-state index in [0.717, 1.165) is 0 Å². The monoisotopic (exact) mass is 300 g/mol. The Morgan fingerprint density at radius 3 is 2.59 bits per heavy atom. The first-order valence-electron chi connectivity index (χ1n) is 5.01. The van der Waals surface area contributed by atoms with Crippen LogP contribution in [0, 0.1) is 0 Å². The standard InChI is InChI=1S/C11H13BrN2O3/c1-3-10(15)13-14-11(16)7-4-5-9(17-2)8(12)6-7/h4-6H,3H2,1-2H3,(H,13,15)(H,14,16). The molecule has 1 aromatic rings. The second-order valence-corrected chi connectivity index (χ2v) is 4.06. The number of rotatable bonds is 3. The number of hydrazine groups is 1. The normalized spacial score (nSPS) is 9.59. The Morgan fingerprint density at radius 1 is 1.35 bits per heavy atom. The van der Waals surface area contributed by atoms with Crippen molar-refractivity contribution in [3.05, 3.63) is 28.2 Å². The molecule has 1 rings (SSSR count). The molecule has 17 heavy (non-hydrogen) atoms. The largest absolute Gasteiger partial charge is 0.496 e. The fourth-order valence-corrected chi connectivity index (χ4v) is 1.64. The van der Waals surface area contributed by atoms with E-state index >= 15 is 0 Å². The third-order valence-electron chi connectivity index (χ3n) is 2.05. The summed E-state index contributed by atoms with van der Waals surface area (Å²) in [4.78, 5) is 22.6. The van der Waals surface area contributed by atoms with Gasteiger partial charge in [0.25, 0.3) is 5.91 Å². The lowest BCUT2D eigenvalue weighted by atomic mass is 10.2. The Kier molecular flexibility index (Phi) is 4.96. The van der Waals surface area contributed by atoms with Gasteiger partial charge in [-0.25, -0.2) is 0 Å². The van der Waals surface area contributed by atoms with E-state index in [1.54, 1.807) is 32.2 Å². The number of hydrogen-bond acceptors (Lipinski definition) is 3. The van der Waals surface area contributed by atoms with Gasteiger partial charge in [0.15, 0.2) is 0 Å². The SMILES string of the molecule is CCC(=O)NNC(=O)c1ccc(OC)c(Br)c1. The number of carbonyl (C=O) groups excluding carboxylic acids is 2. The summed E-state index contributed by atoms with van der Waals surface area (Å²) in [5.41, 5.74) is 5.03. The number of methoxy groups -OCH3 is 1. The number of hydrogen-bond donors (Lipinski definition) is 2. The second kappa shape index (κ2) is 6.24. The highest BCUT2D eigenvalue weighted by Crippen LogP contribution is 2.25. The summed E-state index contributed by atoms with van der Waals surface area (Å²) in [6.45, 7) is 1.70. The topological polar surface area (TPSA) is 67.4 Å². The van der Waals surface area contributed by atoms with Crippen LogP contribution in [0.3, 0.4) is 0 Å². The Hall–Kier alpha value is -1.56. The van der Waals surface area contributed by atoms with Gasteiger partial charge in [0.1, 0.15) is 5.75 Å². The Morgan fingerprint density at radius 2 is 2.06 bits per heavy atom. The van der Waals surface area contributed by atoms with Gasteiger partial charge in [-0.2, -0.15) is 0 Å². The minimum Gasteiger partial charge on any atom is -0.496 e. The van der Waals surface area contributed by atoms with Gasteiger partial charge >= 0.3 is 0 Å². The summed E-state index contributed by atoms with van der Waals surface area (Å²) in [5.74, 6) is 0.0141. The van der Waals surface area contributed by atoms with Crippen molar-refractivity contribution < 1.29 is 14.3 Å². The molecular weight excluding hydrogens is 288 g/mol. The fourth-order valence-electron chi connectivity index (χ4n) is 1.09. The Bertz CT molecular complexity index is 435. The Balaban J connectivity index is 2.69. The fraction of sp³-hybridized carbons (Fsp3) is 0.273. The molecule has 0 atom stereocenters. The zero-order chi connectivity index (χ0) is 12.8. The van der Waals surface area contributed by atoms with Crippen LogP contribution >= 0.6 is 15.9 Å². The third-order valence-corrected chi connectivity index (χ3v) is 2.67. The lowest BCUT2D eigenvalue weighted by Crippen LogP contribution is -2.41. The van der Waals surface area contributed by atoms with E-state index in [1.807, 2.05) is 0 Å². The number of ether oxygens (including phenoxy) is 1. The molecule has 0 fully saturated rings. The molecule has 0 saturated heterocycles. The number of nitrogens with one attached hydrogen (secondary N) is 2. The highest BCUT2D eigenvalue weighted by molar-refractivity contribution is 9.10. The minimum atomic E-state index is -0.379. The maximum absolute atomic E-state index is 11.6. The van der Waals surface area contributed by atoms with E-state index in [9.17, 15) is 9.59 Å². The van der Waals surface area contributed by atoms with Gasteiger partial charge in [-0.15, -0.1) is 0 Å². The summed E-state index contributed by atoms with van der Waals surface area (Å²) in [7, 11) is 1.54. The van der Waals surface area contributed by atoms with Gasteiger partial charge in [-0.3, -0.25) is 20.4 Å². The highest BCUT2D eigenvalue weighted by atomic mass is 79.9. The molecule has 0 aliphatic rings. The van der Waals surface area contributed by atoms with Crippen molar-refractivity contribution in [1.82, 2.24) is 10.9 Å². The molecule has 1 aromatic carbocycles. The predicted octanol–water partition coefficient (Wildman–Crippen LogP) is 1.63. The van der Waals surface area contributed by atoms with Gasteiger partial charge in [0.2, 0.25) is 5.91 Å². The molecule has 92 valence electrons. The number of amides is 2. The predicted molar refractivity (Wildman–Crippen MR) is 66.6 cm³/mol. The molecule has 0 aromatic heterocycles. The Labute approximate surface area is 108 Å². The smallest absolute Gasteiger partial charge is 0.269 e. The van der Waals surface area contributed by atoms with Crippen molar-refractivity contribution in [3.63, 3.8) is 0 Å². The molecular formula is C11H13BrN2O3. The van der Waals surface area contributed by atoms with Crippen molar-refractivity contribution in [2.45, 2.75) is 13.3 Å². The summed E-state index contributed by atoms with van der Waals surface area (Å²) >= 11 is 3.28. The van der Waals surface area contributed by atoms with Crippen LogP contribution in [0.5, 0.6) is 5.75 Å². The van der Waals surface area contributed by atoms with Crippen LogP contribution in [-0.2, 0) is 4.79 Å². The number of carbonyl (C=O) groups is 2. The van der Waals surface area contributed by atoms with Gasteiger partial charge in [0, 0.05) is 12.0 Å². The van der Waals surface area contributed by atoms with Crippen molar-refractivity contribution in [1.29, 1.82) is 0 Å². The van der Waals surface area contributed by atoms with Crippen LogP contribution in [0.15, 0.2) is 22.7 Å². The van der Waals surface area contributed by atoms with Crippen LogP contribution in [-0.4, -0.2) is 18.9 Å². The van der Waals surface area contributed by atoms with Crippen molar-refractivity contribution in [2.75, 3.05) is 7.11 Å². The van der Waals surface area contributed by atoms with Crippen LogP contribution in [0.1, 0.15) is 23.7 Å². The van der Waals surface area contributed by atoms with E-state index < -0.39 is 0 Å². The quantitative estimate of drug-likeness (QED) is 0.834. The van der Waals surface area contributed by atoms with E-state index in [1.165, 1.54) is 0 Å². The first kappa shape index (κ1) is 13.5. The third kappa shape index (κ3) is 3.74. The molecule has 2 amide bonds.